The highest BCUT2D eigenvalue weighted by atomic mass is 32.1. The summed E-state index contributed by atoms with van der Waals surface area (Å²) < 4.78 is 6.48. The Balaban J connectivity index is 2.51. The molecular weight excluding hydrogens is 310 g/mol. The maximum Gasteiger partial charge on any atom is 0.341 e. The second kappa shape index (κ2) is 6.22. The number of methoxy groups -OCH3 is 1. The van der Waals surface area contributed by atoms with Gasteiger partial charge in [0.1, 0.15) is 10.4 Å². The Morgan fingerprint density at radius 1 is 1.35 bits per heavy atom. The van der Waals surface area contributed by atoms with Gasteiger partial charge >= 0.3 is 5.97 Å². The third-order valence-corrected chi connectivity index (χ3v) is 4.53. The van der Waals surface area contributed by atoms with Gasteiger partial charge < -0.3 is 4.74 Å². The summed E-state index contributed by atoms with van der Waals surface area (Å²) in [5.41, 5.74) is 2.28. The number of hydrogen-bond acceptors (Lipinski definition) is 4. The van der Waals surface area contributed by atoms with Crippen LogP contribution in [-0.4, -0.2) is 17.5 Å². The van der Waals surface area contributed by atoms with Crippen LogP contribution in [0.1, 0.15) is 15.9 Å². The molecule has 0 aliphatic carbocycles. The third kappa shape index (κ3) is 2.49. The number of aromatic nitrogens is 1. The fourth-order valence-corrected chi connectivity index (χ4v) is 3.55. The summed E-state index contributed by atoms with van der Waals surface area (Å²) in [5, 5.41) is 1.79. The highest BCUT2D eigenvalue weighted by Crippen LogP contribution is 2.31. The first-order chi connectivity index (χ1) is 11.2. The Morgan fingerprint density at radius 2 is 2.09 bits per heavy atom. The summed E-state index contributed by atoms with van der Waals surface area (Å²) in [5.74, 6) is -0.450. The van der Waals surface area contributed by atoms with Gasteiger partial charge in [-0.1, -0.05) is 36.4 Å². The predicted molar refractivity (Wildman–Crippen MR) is 92.2 cm³/mol. The van der Waals surface area contributed by atoms with E-state index < -0.39 is 5.97 Å². The van der Waals surface area contributed by atoms with Gasteiger partial charge in [-0.25, -0.2) is 4.79 Å². The molecule has 0 amide bonds. The van der Waals surface area contributed by atoms with Crippen molar-refractivity contribution in [1.82, 2.24) is 4.40 Å². The molecule has 0 saturated carbocycles. The van der Waals surface area contributed by atoms with E-state index in [4.69, 9.17) is 4.74 Å². The number of rotatable bonds is 4. The van der Waals surface area contributed by atoms with Crippen molar-refractivity contribution < 1.29 is 9.53 Å². The molecule has 2 aromatic heterocycles. The minimum Gasteiger partial charge on any atom is -0.465 e. The van der Waals surface area contributed by atoms with E-state index in [-0.39, 0.29) is 5.56 Å². The van der Waals surface area contributed by atoms with Crippen molar-refractivity contribution in [3.05, 3.63) is 76.0 Å². The lowest BCUT2D eigenvalue weighted by Crippen LogP contribution is -2.22. The lowest BCUT2D eigenvalue weighted by atomic mass is 9.94. The lowest BCUT2D eigenvalue weighted by Gasteiger charge is -2.14. The molecule has 3 rings (SSSR count). The van der Waals surface area contributed by atoms with Gasteiger partial charge in [0, 0.05) is 22.7 Å². The normalized spacial score (nSPS) is 10.7. The maximum atomic E-state index is 12.8. The number of thiazole rings is 1. The van der Waals surface area contributed by atoms with E-state index in [1.165, 1.54) is 22.8 Å². The number of benzene rings is 1. The first-order valence-corrected chi connectivity index (χ1v) is 7.96. The zero-order valence-corrected chi connectivity index (χ0v) is 13.4. The van der Waals surface area contributed by atoms with Gasteiger partial charge in [-0.3, -0.25) is 9.20 Å². The summed E-state index contributed by atoms with van der Waals surface area (Å²) in [6, 6.07) is 9.43. The highest BCUT2D eigenvalue weighted by molar-refractivity contribution is 7.16. The minimum absolute atomic E-state index is 0.132. The van der Waals surface area contributed by atoms with Crippen LogP contribution < -0.4 is 5.56 Å². The van der Waals surface area contributed by atoms with E-state index in [0.29, 0.717) is 27.9 Å². The Hall–Kier alpha value is -2.66. The molecule has 1 aromatic carbocycles. The largest absolute Gasteiger partial charge is 0.465 e. The fraction of sp³-hybridized carbons (Fsp3) is 0.111. The second-order valence-corrected chi connectivity index (χ2v) is 5.86. The molecule has 23 heavy (non-hydrogen) atoms. The molecule has 4 nitrogen and oxygen atoms in total. The van der Waals surface area contributed by atoms with Crippen molar-refractivity contribution in [2.45, 2.75) is 6.42 Å². The topological polar surface area (TPSA) is 47.8 Å². The van der Waals surface area contributed by atoms with Crippen LogP contribution in [0.5, 0.6) is 0 Å². The molecule has 0 aliphatic rings. The van der Waals surface area contributed by atoms with Crippen LogP contribution in [0.15, 0.2) is 59.4 Å². The number of hydrogen-bond donors (Lipinski definition) is 0. The van der Waals surface area contributed by atoms with E-state index in [2.05, 4.69) is 6.58 Å². The molecule has 0 fully saturated rings. The molecule has 0 radical (unpaired) electrons. The third-order valence-electron chi connectivity index (χ3n) is 3.65. The van der Waals surface area contributed by atoms with E-state index >= 15 is 0 Å². The number of ether oxygens (including phenoxy) is 1. The Labute approximate surface area is 137 Å². The van der Waals surface area contributed by atoms with Crippen molar-refractivity contribution in [2.75, 3.05) is 7.11 Å². The van der Waals surface area contributed by atoms with E-state index in [1.807, 2.05) is 30.3 Å². The molecule has 0 unspecified atom stereocenters. The molecule has 0 N–H and O–H groups in total. The van der Waals surface area contributed by atoms with Crippen molar-refractivity contribution >= 4 is 22.1 Å². The van der Waals surface area contributed by atoms with Crippen LogP contribution in [0.25, 0.3) is 16.0 Å². The number of carbonyl (C=O) groups is 1. The summed E-state index contributed by atoms with van der Waals surface area (Å²) in [7, 11) is 1.35. The van der Waals surface area contributed by atoms with Gasteiger partial charge in [-0.2, -0.15) is 0 Å². The number of nitrogens with zero attached hydrogens (tertiary/aromatic N) is 1. The van der Waals surface area contributed by atoms with Gasteiger partial charge in [0.25, 0.3) is 5.56 Å². The molecule has 0 atom stereocenters. The molecule has 3 aromatic rings. The standard InChI is InChI=1S/C18H15NO3S/c1-3-7-13-14(12-8-5-4-6-9-12)15(18(21)22-2)17-19(16(13)20)10-11-23-17/h3-6,8-11H,1,7H2,2H3. The van der Waals surface area contributed by atoms with Crippen molar-refractivity contribution in [2.24, 2.45) is 0 Å². The lowest BCUT2D eigenvalue weighted by molar-refractivity contribution is 0.0603. The number of pyridine rings is 1. The van der Waals surface area contributed by atoms with Gasteiger partial charge in [0.15, 0.2) is 0 Å². The molecule has 0 spiro atoms. The maximum absolute atomic E-state index is 12.8. The summed E-state index contributed by atoms with van der Waals surface area (Å²) in [6.45, 7) is 3.73. The van der Waals surface area contributed by atoms with Crippen LogP contribution in [-0.2, 0) is 11.2 Å². The van der Waals surface area contributed by atoms with Crippen LogP contribution in [0.4, 0.5) is 0 Å². The molecular formula is C18H15NO3S. The predicted octanol–water partition coefficient (Wildman–Crippen LogP) is 3.54. The van der Waals surface area contributed by atoms with Gasteiger partial charge in [-0.05, 0) is 12.0 Å². The quantitative estimate of drug-likeness (QED) is 0.544. The zero-order chi connectivity index (χ0) is 16.4. The smallest absolute Gasteiger partial charge is 0.341 e. The minimum atomic E-state index is -0.450. The monoisotopic (exact) mass is 325 g/mol. The van der Waals surface area contributed by atoms with Crippen molar-refractivity contribution in [3.8, 4) is 11.1 Å². The van der Waals surface area contributed by atoms with Crippen LogP contribution in [0, 0.1) is 0 Å². The molecule has 0 saturated heterocycles. The number of fused-ring (bicyclic) bond motifs is 1. The number of esters is 1. The average Bonchev–Trinajstić information content (AvgIpc) is 3.07. The molecule has 0 aliphatic heterocycles. The van der Waals surface area contributed by atoms with Crippen LogP contribution >= 0.6 is 11.3 Å². The Kier molecular flexibility index (Phi) is 4.12. The second-order valence-electron chi connectivity index (χ2n) is 4.96. The average molecular weight is 325 g/mol. The van der Waals surface area contributed by atoms with Gasteiger partial charge in [0.2, 0.25) is 0 Å². The number of allylic oxidation sites excluding steroid dienone is 1. The van der Waals surface area contributed by atoms with Gasteiger partial charge in [0.05, 0.1) is 7.11 Å². The summed E-state index contributed by atoms with van der Waals surface area (Å²) in [4.78, 5) is 25.8. The highest BCUT2D eigenvalue weighted by Gasteiger charge is 2.24. The molecule has 2 heterocycles. The summed E-state index contributed by atoms with van der Waals surface area (Å²) in [6.07, 6.45) is 3.73. The zero-order valence-electron chi connectivity index (χ0n) is 12.6. The molecule has 0 bridgehead atoms. The molecule has 116 valence electrons. The van der Waals surface area contributed by atoms with Crippen LogP contribution in [0.2, 0.25) is 0 Å². The number of carbonyl (C=O) groups excluding carboxylic acids is 1. The first kappa shape index (κ1) is 15.2. The SMILES string of the molecule is C=CCc1c(-c2ccccc2)c(C(=O)OC)c2sccn2c1=O. The van der Waals surface area contributed by atoms with E-state index in [9.17, 15) is 9.59 Å². The van der Waals surface area contributed by atoms with Gasteiger partial charge in [-0.15, -0.1) is 17.9 Å². The Bertz CT molecular complexity index is 938. The van der Waals surface area contributed by atoms with Crippen LogP contribution in [0.3, 0.4) is 0 Å². The van der Waals surface area contributed by atoms with E-state index in [0.717, 1.165) is 5.56 Å². The van der Waals surface area contributed by atoms with Crippen molar-refractivity contribution in [3.63, 3.8) is 0 Å². The van der Waals surface area contributed by atoms with Crippen molar-refractivity contribution in [1.29, 1.82) is 0 Å². The first-order valence-electron chi connectivity index (χ1n) is 7.08. The van der Waals surface area contributed by atoms with E-state index in [1.54, 1.807) is 17.7 Å². The fourth-order valence-electron chi connectivity index (χ4n) is 2.68. The molecule has 5 heteroatoms. The summed E-state index contributed by atoms with van der Waals surface area (Å²) >= 11 is 1.34. The Morgan fingerprint density at radius 3 is 2.74 bits per heavy atom.